The first-order valence-corrected chi connectivity index (χ1v) is 15.6. The summed E-state index contributed by atoms with van der Waals surface area (Å²) in [5.74, 6) is -0.300. The Morgan fingerprint density at radius 3 is 1.19 bits per heavy atom. The molecule has 0 bridgehead atoms. The fourth-order valence-corrected chi connectivity index (χ4v) is 6.83. The maximum atomic E-state index is 13.0. The van der Waals surface area contributed by atoms with Crippen LogP contribution in [0.2, 0.25) is 0 Å². The van der Waals surface area contributed by atoms with Gasteiger partial charge >= 0.3 is 0 Å². The van der Waals surface area contributed by atoms with Gasteiger partial charge in [-0.2, -0.15) is 0 Å². The minimum atomic E-state index is -0.150. The van der Waals surface area contributed by atoms with E-state index in [1.165, 1.54) is 0 Å². The predicted octanol–water partition coefficient (Wildman–Crippen LogP) is 10.6. The molecule has 0 radical (unpaired) electrons. The molecule has 0 spiro atoms. The van der Waals surface area contributed by atoms with E-state index in [0.29, 0.717) is 11.1 Å². The Kier molecular flexibility index (Phi) is 9.19. The molecule has 0 unspecified atom stereocenters. The van der Waals surface area contributed by atoms with Gasteiger partial charge in [-0.05, 0) is 107 Å². The number of nitrogens with one attached hydrogen (secondary N) is 2. The van der Waals surface area contributed by atoms with E-state index in [4.69, 9.17) is 0 Å². The van der Waals surface area contributed by atoms with Gasteiger partial charge in [0, 0.05) is 31.4 Å². The Labute approximate surface area is 266 Å². The number of hydrogen-bond acceptors (Lipinski definition) is 2. The summed E-state index contributed by atoms with van der Waals surface area (Å²) in [6.07, 6.45) is 0. The summed E-state index contributed by atoms with van der Waals surface area (Å²) in [6, 6.07) is 23.5. The molecule has 0 saturated carbocycles. The second kappa shape index (κ2) is 12.2. The molecule has 4 rings (SSSR count). The molecule has 0 heterocycles. The molecule has 0 fully saturated rings. The molecule has 4 aromatic carbocycles. The molecule has 2 amide bonds. The normalized spacial score (nSPS) is 11.8. The summed E-state index contributed by atoms with van der Waals surface area (Å²) in [5, 5.41) is 6.11. The zero-order valence-electron chi connectivity index (χ0n) is 25.5. The van der Waals surface area contributed by atoms with Gasteiger partial charge in [-0.15, -0.1) is 0 Å². The number of aryl methyl sites for hydroxylation is 2. The lowest BCUT2D eigenvalue weighted by Gasteiger charge is -2.21. The van der Waals surface area contributed by atoms with Crippen molar-refractivity contribution in [1.82, 2.24) is 0 Å². The number of carbonyl (C=O) groups excluding carboxylic acids is 2. The standard InChI is InChI=1S/C36H38Br2N2O2/c1-21-17-23(11-15-31(21)39-33(41)25-9-13-27(29(37)19-25)35(3,4)5)24-12-16-32(22(2)18-24)40-34(42)26-10-14-28(30(38)20-26)36(6,7)8/h9-20H,1-8H3,(H,39,41)(H,40,42). The Morgan fingerprint density at radius 1 is 0.548 bits per heavy atom. The number of carbonyl (C=O) groups is 2. The molecule has 0 saturated heterocycles. The van der Waals surface area contributed by atoms with Crippen molar-refractivity contribution < 1.29 is 9.59 Å². The van der Waals surface area contributed by atoms with E-state index in [2.05, 4.69) is 96.2 Å². The van der Waals surface area contributed by atoms with Gasteiger partial charge in [-0.25, -0.2) is 0 Å². The first-order valence-electron chi connectivity index (χ1n) is 14.0. The average molecular weight is 691 g/mol. The molecular weight excluding hydrogens is 652 g/mol. The van der Waals surface area contributed by atoms with Crippen LogP contribution in [0.15, 0.2) is 81.7 Å². The minimum Gasteiger partial charge on any atom is -0.322 e. The van der Waals surface area contributed by atoms with E-state index in [-0.39, 0.29) is 22.6 Å². The highest BCUT2D eigenvalue weighted by atomic mass is 79.9. The lowest BCUT2D eigenvalue weighted by molar-refractivity contribution is 0.101. The lowest BCUT2D eigenvalue weighted by Crippen LogP contribution is -2.16. The third-order valence-corrected chi connectivity index (χ3v) is 8.67. The van der Waals surface area contributed by atoms with Crippen molar-refractivity contribution in [2.45, 2.75) is 66.2 Å². The third kappa shape index (κ3) is 7.22. The lowest BCUT2D eigenvalue weighted by atomic mass is 9.86. The van der Waals surface area contributed by atoms with Gasteiger partial charge < -0.3 is 10.6 Å². The zero-order valence-corrected chi connectivity index (χ0v) is 28.7. The summed E-state index contributed by atoms with van der Waals surface area (Å²) < 4.78 is 1.85. The molecule has 42 heavy (non-hydrogen) atoms. The van der Waals surface area contributed by atoms with Gasteiger partial charge in [0.05, 0.1) is 0 Å². The summed E-state index contributed by atoms with van der Waals surface area (Å²) >= 11 is 7.26. The summed E-state index contributed by atoms with van der Waals surface area (Å²) in [4.78, 5) is 26.0. The fraction of sp³-hybridized carbons (Fsp3) is 0.278. The van der Waals surface area contributed by atoms with E-state index < -0.39 is 0 Å². The number of benzene rings is 4. The Hall–Kier alpha value is -3.22. The Bertz CT molecular complexity index is 1550. The molecular formula is C36H38Br2N2O2. The molecule has 0 atom stereocenters. The van der Waals surface area contributed by atoms with Gasteiger partial charge in [0.25, 0.3) is 11.8 Å². The summed E-state index contributed by atoms with van der Waals surface area (Å²) in [7, 11) is 0. The van der Waals surface area contributed by atoms with Crippen molar-refractivity contribution >= 4 is 55.0 Å². The Balaban J connectivity index is 1.47. The van der Waals surface area contributed by atoms with E-state index >= 15 is 0 Å². The van der Waals surface area contributed by atoms with Crippen molar-refractivity contribution in [2.75, 3.05) is 10.6 Å². The second-order valence-electron chi connectivity index (χ2n) is 12.9. The van der Waals surface area contributed by atoms with Crippen LogP contribution in [-0.4, -0.2) is 11.8 Å². The Morgan fingerprint density at radius 2 is 0.905 bits per heavy atom. The average Bonchev–Trinajstić information content (AvgIpc) is 2.89. The second-order valence-corrected chi connectivity index (χ2v) is 14.6. The van der Waals surface area contributed by atoms with Crippen LogP contribution < -0.4 is 10.6 Å². The van der Waals surface area contributed by atoms with Gasteiger partial charge in [0.15, 0.2) is 0 Å². The molecule has 4 aromatic rings. The first-order chi connectivity index (χ1) is 19.5. The highest BCUT2D eigenvalue weighted by molar-refractivity contribution is 9.10. The summed E-state index contributed by atoms with van der Waals surface area (Å²) in [5.41, 5.74) is 9.01. The van der Waals surface area contributed by atoms with Gasteiger partial charge in [-0.3, -0.25) is 9.59 Å². The van der Waals surface area contributed by atoms with Crippen molar-refractivity contribution in [2.24, 2.45) is 0 Å². The molecule has 4 nitrogen and oxygen atoms in total. The quantitative estimate of drug-likeness (QED) is 0.219. The van der Waals surface area contributed by atoms with Crippen LogP contribution in [-0.2, 0) is 10.8 Å². The SMILES string of the molecule is Cc1cc(-c2ccc(NC(=O)c3ccc(C(C)(C)C)c(Br)c3)c(C)c2)ccc1NC(=O)c1ccc(C(C)(C)C)c(Br)c1. The molecule has 0 aliphatic heterocycles. The highest BCUT2D eigenvalue weighted by Gasteiger charge is 2.20. The molecule has 0 aromatic heterocycles. The number of halogens is 2. The van der Waals surface area contributed by atoms with Crippen molar-refractivity contribution in [3.05, 3.63) is 115 Å². The van der Waals surface area contributed by atoms with E-state index in [1.54, 1.807) is 0 Å². The first kappa shape index (κ1) is 31.7. The summed E-state index contributed by atoms with van der Waals surface area (Å²) in [6.45, 7) is 16.9. The van der Waals surface area contributed by atoms with Gasteiger partial charge in [0.2, 0.25) is 0 Å². The van der Waals surface area contributed by atoms with Crippen LogP contribution in [0.3, 0.4) is 0 Å². The topological polar surface area (TPSA) is 58.2 Å². The van der Waals surface area contributed by atoms with Crippen molar-refractivity contribution in [1.29, 1.82) is 0 Å². The molecule has 0 aliphatic rings. The molecule has 6 heteroatoms. The van der Waals surface area contributed by atoms with Crippen molar-refractivity contribution in [3.8, 4) is 11.1 Å². The number of rotatable bonds is 5. The number of amides is 2. The van der Waals surface area contributed by atoms with Crippen LogP contribution in [0.4, 0.5) is 11.4 Å². The largest absolute Gasteiger partial charge is 0.322 e. The molecule has 0 aliphatic carbocycles. The van der Waals surface area contributed by atoms with Crippen LogP contribution >= 0.6 is 31.9 Å². The third-order valence-electron chi connectivity index (χ3n) is 7.36. The fourth-order valence-electron chi connectivity index (χ4n) is 4.89. The van der Waals surface area contributed by atoms with Crippen LogP contribution in [0.25, 0.3) is 11.1 Å². The molecule has 218 valence electrons. The van der Waals surface area contributed by atoms with E-state index in [9.17, 15) is 9.59 Å². The van der Waals surface area contributed by atoms with Crippen molar-refractivity contribution in [3.63, 3.8) is 0 Å². The number of hydrogen-bond donors (Lipinski definition) is 2. The zero-order chi connectivity index (χ0) is 31.0. The smallest absolute Gasteiger partial charge is 0.255 e. The number of anilines is 2. The van der Waals surface area contributed by atoms with Crippen LogP contribution in [0, 0.1) is 13.8 Å². The predicted molar refractivity (Wildman–Crippen MR) is 183 cm³/mol. The van der Waals surface area contributed by atoms with Gasteiger partial charge in [-0.1, -0.05) is 97.7 Å². The minimum absolute atomic E-state index is 0.0157. The maximum Gasteiger partial charge on any atom is 0.255 e. The van der Waals surface area contributed by atoms with E-state index in [1.807, 2.05) is 74.5 Å². The highest BCUT2D eigenvalue weighted by Crippen LogP contribution is 2.33. The molecule has 2 N–H and O–H groups in total. The van der Waals surface area contributed by atoms with E-state index in [0.717, 1.165) is 53.7 Å². The monoisotopic (exact) mass is 688 g/mol. The van der Waals surface area contributed by atoms with Crippen LogP contribution in [0.1, 0.15) is 84.5 Å². The maximum absolute atomic E-state index is 13.0. The van der Waals surface area contributed by atoms with Crippen LogP contribution in [0.5, 0.6) is 0 Å². The van der Waals surface area contributed by atoms with Gasteiger partial charge in [0.1, 0.15) is 0 Å².